The van der Waals surface area contributed by atoms with E-state index in [1.54, 1.807) is 6.92 Å². The van der Waals surface area contributed by atoms with Crippen molar-refractivity contribution in [2.45, 2.75) is 24.6 Å². The third-order valence-corrected chi connectivity index (χ3v) is 7.82. The summed E-state index contributed by atoms with van der Waals surface area (Å²) in [6.07, 6.45) is 0.345. The molecule has 2 fully saturated rings. The number of thioether (sulfide) groups is 1. The molecule has 8 heteroatoms. The molecule has 1 aromatic carbocycles. The molecule has 0 spiro atoms. The Balaban J connectivity index is 2.05. The largest absolute Gasteiger partial charge is 0.315 e. The molecular formula is C14H15IN2O3S2. The van der Waals surface area contributed by atoms with Crippen LogP contribution in [0.2, 0.25) is 0 Å². The lowest BCUT2D eigenvalue weighted by molar-refractivity contribution is -0.117. The fraction of sp³-hybridized carbons (Fsp3) is 0.429. The van der Waals surface area contributed by atoms with Crippen LogP contribution in [0.1, 0.15) is 13.3 Å². The molecule has 2 heterocycles. The molecule has 1 aromatic rings. The second-order valence-corrected chi connectivity index (χ2v) is 9.79. The van der Waals surface area contributed by atoms with Crippen LogP contribution in [0.3, 0.4) is 0 Å². The minimum absolute atomic E-state index is 0.0515. The number of aliphatic imine (C=N–C) groups is 1. The van der Waals surface area contributed by atoms with Crippen LogP contribution in [-0.4, -0.2) is 42.3 Å². The second kappa shape index (κ2) is 6.12. The number of fused-ring (bicyclic) bond motifs is 1. The number of hydrogen-bond acceptors (Lipinski definition) is 4. The summed E-state index contributed by atoms with van der Waals surface area (Å²) in [5.41, 5.74) is 0.919. The van der Waals surface area contributed by atoms with Crippen molar-refractivity contribution in [2.75, 3.05) is 16.4 Å². The maximum absolute atomic E-state index is 11.9. The Bertz CT molecular complexity index is 748. The molecular weight excluding hydrogens is 435 g/mol. The maximum Gasteiger partial charge on any atom is 0.247 e. The Morgan fingerprint density at radius 1 is 1.41 bits per heavy atom. The van der Waals surface area contributed by atoms with Crippen molar-refractivity contribution in [3.8, 4) is 0 Å². The average molecular weight is 450 g/mol. The molecule has 0 radical (unpaired) electrons. The van der Waals surface area contributed by atoms with Crippen LogP contribution in [0.25, 0.3) is 0 Å². The molecule has 5 nitrogen and oxygen atoms in total. The summed E-state index contributed by atoms with van der Waals surface area (Å²) in [5, 5.41) is 0.574. The van der Waals surface area contributed by atoms with Gasteiger partial charge in [-0.3, -0.25) is 4.79 Å². The van der Waals surface area contributed by atoms with E-state index in [0.29, 0.717) is 11.6 Å². The lowest BCUT2D eigenvalue weighted by atomic mass is 10.2. The van der Waals surface area contributed by atoms with Gasteiger partial charge in [0.2, 0.25) is 5.91 Å². The Hall–Kier alpha value is -0.610. The van der Waals surface area contributed by atoms with Gasteiger partial charge in [-0.1, -0.05) is 30.8 Å². The molecule has 2 atom stereocenters. The van der Waals surface area contributed by atoms with Crippen molar-refractivity contribution < 1.29 is 13.2 Å². The highest BCUT2D eigenvalue weighted by Gasteiger charge is 2.49. The van der Waals surface area contributed by atoms with Gasteiger partial charge in [-0.05, 0) is 34.7 Å². The summed E-state index contributed by atoms with van der Waals surface area (Å²) in [7, 11) is -3.02. The summed E-state index contributed by atoms with van der Waals surface area (Å²) in [4.78, 5) is 17.9. The summed E-state index contributed by atoms with van der Waals surface area (Å²) in [6.45, 7) is 1.77. The number of nitrogens with zero attached hydrogens (tertiary/aromatic N) is 2. The number of benzene rings is 1. The molecule has 2 saturated heterocycles. The van der Waals surface area contributed by atoms with E-state index in [1.807, 2.05) is 29.2 Å². The molecule has 2 aliphatic rings. The number of carbonyl (C=O) groups is 1. The van der Waals surface area contributed by atoms with Crippen molar-refractivity contribution in [1.82, 2.24) is 0 Å². The number of rotatable bonds is 2. The molecule has 0 saturated carbocycles. The first-order chi connectivity index (χ1) is 10.4. The van der Waals surface area contributed by atoms with Gasteiger partial charge in [0, 0.05) is 15.2 Å². The van der Waals surface area contributed by atoms with Gasteiger partial charge in [-0.25, -0.2) is 8.42 Å². The number of para-hydroxylation sites is 1. The monoisotopic (exact) mass is 450 g/mol. The smallest absolute Gasteiger partial charge is 0.247 e. The highest BCUT2D eigenvalue weighted by atomic mass is 127. The lowest BCUT2D eigenvalue weighted by Gasteiger charge is -2.25. The van der Waals surface area contributed by atoms with Gasteiger partial charge < -0.3 is 4.90 Å². The van der Waals surface area contributed by atoms with Crippen LogP contribution in [0.15, 0.2) is 29.3 Å². The predicted octanol–water partition coefficient (Wildman–Crippen LogP) is 2.30. The SMILES string of the molecule is CCC(=O)N=C1S[C@@H]2CS(=O)(=O)C[C@H]2N1c1ccccc1I. The normalized spacial score (nSPS) is 28.1. The summed E-state index contributed by atoms with van der Waals surface area (Å²) in [5.74, 6) is 0.0950. The number of hydrogen-bond donors (Lipinski definition) is 0. The minimum Gasteiger partial charge on any atom is -0.315 e. The van der Waals surface area contributed by atoms with Gasteiger partial charge in [-0.15, -0.1) is 0 Å². The third kappa shape index (κ3) is 3.05. The van der Waals surface area contributed by atoms with E-state index in [2.05, 4.69) is 27.6 Å². The van der Waals surface area contributed by atoms with Gasteiger partial charge >= 0.3 is 0 Å². The fourth-order valence-corrected chi connectivity index (χ4v) is 7.25. The Morgan fingerprint density at radius 3 is 2.82 bits per heavy atom. The van der Waals surface area contributed by atoms with Crippen molar-refractivity contribution in [3.63, 3.8) is 0 Å². The number of sulfone groups is 1. The first kappa shape index (κ1) is 16.3. The molecule has 3 rings (SSSR count). The standard InChI is InChI=1S/C14H15IN2O3S2/c1-2-13(18)16-14-17(10-6-4-3-5-9(10)15)11-7-22(19,20)8-12(11)21-14/h3-6,11-12H,2,7-8H2,1H3/t11-,12-/m1/s1. The molecule has 1 amide bonds. The molecule has 118 valence electrons. The van der Waals surface area contributed by atoms with E-state index >= 15 is 0 Å². The summed E-state index contributed by atoms with van der Waals surface area (Å²) < 4.78 is 24.9. The lowest BCUT2D eigenvalue weighted by Crippen LogP contribution is -2.38. The van der Waals surface area contributed by atoms with Crippen LogP contribution in [-0.2, 0) is 14.6 Å². The Kier molecular flexibility index (Phi) is 4.52. The van der Waals surface area contributed by atoms with Gasteiger partial charge in [-0.2, -0.15) is 4.99 Å². The van der Waals surface area contributed by atoms with Crippen molar-refractivity contribution >= 4 is 61.0 Å². The number of amidine groups is 1. The van der Waals surface area contributed by atoms with Crippen molar-refractivity contribution in [1.29, 1.82) is 0 Å². The van der Waals surface area contributed by atoms with E-state index in [9.17, 15) is 13.2 Å². The van der Waals surface area contributed by atoms with E-state index in [4.69, 9.17) is 0 Å². The zero-order valence-electron chi connectivity index (χ0n) is 11.9. The number of anilines is 1. The Labute approximate surface area is 147 Å². The molecule has 0 aromatic heterocycles. The van der Waals surface area contributed by atoms with Crippen LogP contribution < -0.4 is 4.90 Å². The van der Waals surface area contributed by atoms with Gasteiger partial charge in [0.25, 0.3) is 0 Å². The van der Waals surface area contributed by atoms with Gasteiger partial charge in [0.15, 0.2) is 15.0 Å². The van der Waals surface area contributed by atoms with Crippen LogP contribution >= 0.6 is 34.4 Å². The average Bonchev–Trinajstić information content (AvgIpc) is 2.91. The zero-order chi connectivity index (χ0) is 15.9. The maximum atomic E-state index is 11.9. The highest BCUT2D eigenvalue weighted by Crippen LogP contribution is 2.42. The van der Waals surface area contributed by atoms with Crippen LogP contribution in [0, 0.1) is 3.57 Å². The second-order valence-electron chi connectivity index (χ2n) is 5.26. The first-order valence-electron chi connectivity index (χ1n) is 6.93. The number of carbonyl (C=O) groups excluding carboxylic acids is 1. The van der Waals surface area contributed by atoms with Crippen molar-refractivity contribution in [3.05, 3.63) is 27.8 Å². The topological polar surface area (TPSA) is 66.8 Å². The number of amides is 1. The summed E-state index contributed by atoms with van der Waals surface area (Å²) in [6, 6.07) is 7.62. The minimum atomic E-state index is -3.02. The Morgan fingerprint density at radius 2 is 2.14 bits per heavy atom. The van der Waals surface area contributed by atoms with E-state index in [1.165, 1.54) is 11.8 Å². The molecule has 0 aliphatic carbocycles. The predicted molar refractivity (Wildman–Crippen MR) is 98.2 cm³/mol. The third-order valence-electron chi connectivity index (χ3n) is 3.70. The van der Waals surface area contributed by atoms with E-state index < -0.39 is 9.84 Å². The summed E-state index contributed by atoms with van der Waals surface area (Å²) >= 11 is 3.64. The number of halogens is 1. The first-order valence-corrected chi connectivity index (χ1v) is 10.7. The fourth-order valence-electron chi connectivity index (χ4n) is 2.68. The molecule has 0 unspecified atom stereocenters. The van der Waals surface area contributed by atoms with E-state index in [0.717, 1.165) is 9.26 Å². The van der Waals surface area contributed by atoms with Crippen LogP contribution in [0.4, 0.5) is 5.69 Å². The van der Waals surface area contributed by atoms with Crippen molar-refractivity contribution in [2.24, 2.45) is 4.99 Å². The quantitative estimate of drug-likeness (QED) is 0.648. The van der Waals surface area contributed by atoms with Gasteiger partial charge in [0.05, 0.1) is 23.2 Å². The van der Waals surface area contributed by atoms with E-state index in [-0.39, 0.29) is 28.7 Å². The van der Waals surface area contributed by atoms with Gasteiger partial charge in [0.1, 0.15) is 0 Å². The molecule has 0 bridgehead atoms. The zero-order valence-corrected chi connectivity index (χ0v) is 15.7. The molecule has 22 heavy (non-hydrogen) atoms. The highest BCUT2D eigenvalue weighted by molar-refractivity contribution is 14.1. The molecule has 2 aliphatic heterocycles. The van der Waals surface area contributed by atoms with Crippen LogP contribution in [0.5, 0.6) is 0 Å². The molecule has 0 N–H and O–H groups in total.